The van der Waals surface area contributed by atoms with Crippen LogP contribution in [0.5, 0.6) is 0 Å². The van der Waals surface area contributed by atoms with E-state index in [0.717, 1.165) is 40.7 Å². The van der Waals surface area contributed by atoms with Gasteiger partial charge in [0.1, 0.15) is 5.82 Å². The first-order valence-electron chi connectivity index (χ1n) is 9.83. The van der Waals surface area contributed by atoms with Gasteiger partial charge in [-0.3, -0.25) is 5.10 Å². The van der Waals surface area contributed by atoms with E-state index in [4.69, 9.17) is 11.5 Å². The Hall–Kier alpha value is -3.91. The molecular weight excluding hydrogens is 376 g/mol. The minimum absolute atomic E-state index is 0.230. The van der Waals surface area contributed by atoms with Crippen LogP contribution in [0.15, 0.2) is 61.1 Å². The number of hydrogen-bond donors (Lipinski definition) is 4. The predicted molar refractivity (Wildman–Crippen MR) is 120 cm³/mol. The maximum absolute atomic E-state index is 5.71. The van der Waals surface area contributed by atoms with Gasteiger partial charge in [0.15, 0.2) is 0 Å². The number of benzene rings is 2. The molecule has 0 atom stereocenters. The molecule has 0 radical (unpaired) electrons. The molecule has 3 aromatic heterocycles. The van der Waals surface area contributed by atoms with Gasteiger partial charge in [0.05, 0.1) is 11.7 Å². The maximum Gasteiger partial charge on any atom is 0.221 e. The number of nitrogens with two attached hydrogens (primary N) is 2. The monoisotopic (exact) mass is 398 g/mol. The number of nitrogen functional groups attached to an aromatic ring is 1. The van der Waals surface area contributed by atoms with Gasteiger partial charge in [0, 0.05) is 41.1 Å². The van der Waals surface area contributed by atoms with Crippen LogP contribution in [0.25, 0.3) is 32.9 Å². The van der Waals surface area contributed by atoms with Crippen molar-refractivity contribution in [2.75, 3.05) is 17.6 Å². The number of nitrogens with zero attached hydrogens (tertiary/aromatic N) is 4. The van der Waals surface area contributed by atoms with E-state index in [-0.39, 0.29) is 5.95 Å². The molecule has 5 rings (SSSR count). The summed E-state index contributed by atoms with van der Waals surface area (Å²) in [4.78, 5) is 8.17. The minimum atomic E-state index is 0.230. The molecule has 8 heteroatoms. The Morgan fingerprint density at radius 3 is 2.87 bits per heavy atom. The first-order chi connectivity index (χ1) is 14.7. The fourth-order valence-electron chi connectivity index (χ4n) is 3.76. The van der Waals surface area contributed by atoms with Gasteiger partial charge in [-0.2, -0.15) is 10.1 Å². The lowest BCUT2D eigenvalue weighted by atomic mass is 10.0. The molecule has 0 fully saturated rings. The van der Waals surface area contributed by atoms with Crippen LogP contribution in [0.4, 0.5) is 17.5 Å². The summed E-state index contributed by atoms with van der Waals surface area (Å²) in [6.45, 7) is 1.58. The van der Waals surface area contributed by atoms with Gasteiger partial charge in [0.25, 0.3) is 0 Å². The quantitative estimate of drug-likeness (QED) is 0.346. The Morgan fingerprint density at radius 1 is 1.07 bits per heavy atom. The molecule has 0 aliphatic rings. The summed E-state index contributed by atoms with van der Waals surface area (Å²) in [7, 11) is 0. The first kappa shape index (κ1) is 18.1. The highest BCUT2D eigenvalue weighted by molar-refractivity contribution is 5.98. The zero-order chi connectivity index (χ0) is 20.5. The summed E-state index contributed by atoms with van der Waals surface area (Å²) in [5.41, 5.74) is 16.7. The molecule has 5 aromatic rings. The molecule has 0 saturated carbocycles. The van der Waals surface area contributed by atoms with Gasteiger partial charge >= 0.3 is 0 Å². The number of aryl methyl sites for hydroxylation is 1. The Kier molecular flexibility index (Phi) is 4.53. The van der Waals surface area contributed by atoms with Crippen LogP contribution in [0, 0.1) is 0 Å². The van der Waals surface area contributed by atoms with E-state index in [1.165, 1.54) is 10.9 Å². The lowest BCUT2D eigenvalue weighted by Crippen LogP contribution is -2.04. The summed E-state index contributed by atoms with van der Waals surface area (Å²) in [6, 6.07) is 14.5. The van der Waals surface area contributed by atoms with Crippen LogP contribution in [0.1, 0.15) is 6.42 Å². The van der Waals surface area contributed by atoms with E-state index in [9.17, 15) is 0 Å². The average Bonchev–Trinajstić information content (AvgIpc) is 3.38. The molecule has 0 spiro atoms. The molecule has 6 N–H and O–H groups in total. The van der Waals surface area contributed by atoms with Crippen LogP contribution in [-0.4, -0.2) is 31.3 Å². The van der Waals surface area contributed by atoms with E-state index < -0.39 is 0 Å². The van der Waals surface area contributed by atoms with Crippen molar-refractivity contribution in [1.29, 1.82) is 0 Å². The molecule has 0 saturated heterocycles. The molecule has 0 amide bonds. The third-order valence-corrected chi connectivity index (χ3v) is 5.18. The van der Waals surface area contributed by atoms with Crippen molar-refractivity contribution in [3.63, 3.8) is 0 Å². The van der Waals surface area contributed by atoms with Crippen LogP contribution in [0.2, 0.25) is 0 Å². The second-order valence-corrected chi connectivity index (χ2v) is 7.21. The van der Waals surface area contributed by atoms with Gasteiger partial charge in [-0.15, -0.1) is 0 Å². The molecule has 0 aliphatic heterocycles. The van der Waals surface area contributed by atoms with Crippen molar-refractivity contribution < 1.29 is 0 Å². The molecule has 0 aliphatic carbocycles. The Labute approximate surface area is 172 Å². The van der Waals surface area contributed by atoms with Gasteiger partial charge in [0.2, 0.25) is 5.95 Å². The van der Waals surface area contributed by atoms with Gasteiger partial charge in [-0.05, 0) is 54.2 Å². The number of H-pyrrole nitrogens is 1. The number of rotatable bonds is 6. The summed E-state index contributed by atoms with van der Waals surface area (Å²) >= 11 is 0. The van der Waals surface area contributed by atoms with Crippen LogP contribution >= 0.6 is 0 Å². The average molecular weight is 398 g/mol. The lowest BCUT2D eigenvalue weighted by molar-refractivity contribution is 0.671. The molecule has 8 nitrogen and oxygen atoms in total. The van der Waals surface area contributed by atoms with Crippen molar-refractivity contribution in [3.8, 4) is 11.1 Å². The van der Waals surface area contributed by atoms with E-state index in [2.05, 4.69) is 66.6 Å². The topological polar surface area (TPSA) is 123 Å². The molecule has 0 bridgehead atoms. The first-order valence-corrected chi connectivity index (χ1v) is 9.83. The van der Waals surface area contributed by atoms with Gasteiger partial charge < -0.3 is 21.4 Å². The number of nitrogens with one attached hydrogen (secondary N) is 2. The maximum atomic E-state index is 5.71. The Morgan fingerprint density at radius 2 is 2.00 bits per heavy atom. The lowest BCUT2D eigenvalue weighted by Gasteiger charge is -2.11. The van der Waals surface area contributed by atoms with Crippen molar-refractivity contribution in [1.82, 2.24) is 24.7 Å². The zero-order valence-corrected chi connectivity index (χ0v) is 16.3. The van der Waals surface area contributed by atoms with E-state index >= 15 is 0 Å². The Balaban J connectivity index is 1.60. The molecular formula is C22H22N8. The van der Waals surface area contributed by atoms with E-state index in [0.29, 0.717) is 12.4 Å². The smallest absolute Gasteiger partial charge is 0.221 e. The fraction of sp³-hybridized carbons (Fsp3) is 0.136. The summed E-state index contributed by atoms with van der Waals surface area (Å²) in [5, 5.41) is 12.9. The highest BCUT2D eigenvalue weighted by Gasteiger charge is 2.11. The Bertz CT molecular complexity index is 1330. The van der Waals surface area contributed by atoms with Crippen molar-refractivity contribution in [3.05, 3.63) is 61.1 Å². The summed E-state index contributed by atoms with van der Waals surface area (Å²) in [5.74, 6) is 0.871. The largest absolute Gasteiger partial charge is 0.368 e. The fourth-order valence-corrected chi connectivity index (χ4v) is 3.76. The highest BCUT2D eigenvalue weighted by atomic mass is 15.1. The predicted octanol–water partition coefficient (Wildman–Crippen LogP) is 3.65. The van der Waals surface area contributed by atoms with Gasteiger partial charge in [-0.1, -0.05) is 12.1 Å². The number of hydrogen-bond acceptors (Lipinski definition) is 6. The SMILES string of the molecule is NCCCn1ccc2ccc(-c3cc(Nc4ccnc(N)n4)cc4cn[nH]c34)cc21. The molecule has 0 unspecified atom stereocenters. The van der Waals surface area contributed by atoms with Crippen molar-refractivity contribution >= 4 is 39.3 Å². The van der Waals surface area contributed by atoms with E-state index in [1.807, 2.05) is 12.3 Å². The minimum Gasteiger partial charge on any atom is -0.368 e. The standard InChI is InChI=1S/C22H22N8/c23-6-1-8-30-9-5-14-2-3-15(11-19(14)30)18-12-17(10-16-13-26-29-21(16)18)27-20-4-7-25-22(24)28-20/h2-5,7,9-13H,1,6,8,23H2,(H,26,29)(H3,24,25,27,28). The normalized spacial score (nSPS) is 11.4. The van der Waals surface area contributed by atoms with Crippen LogP contribution in [0.3, 0.4) is 0 Å². The number of anilines is 3. The van der Waals surface area contributed by atoms with Crippen molar-refractivity contribution in [2.45, 2.75) is 13.0 Å². The highest BCUT2D eigenvalue weighted by Crippen LogP contribution is 2.33. The van der Waals surface area contributed by atoms with E-state index in [1.54, 1.807) is 12.3 Å². The second kappa shape index (κ2) is 7.49. The summed E-state index contributed by atoms with van der Waals surface area (Å²) < 4.78 is 2.25. The zero-order valence-electron chi connectivity index (χ0n) is 16.3. The van der Waals surface area contributed by atoms with Crippen LogP contribution < -0.4 is 16.8 Å². The third-order valence-electron chi connectivity index (χ3n) is 5.18. The third kappa shape index (κ3) is 3.33. The van der Waals surface area contributed by atoms with Gasteiger partial charge in [-0.25, -0.2) is 4.98 Å². The molecule has 2 aromatic carbocycles. The van der Waals surface area contributed by atoms with Crippen molar-refractivity contribution in [2.24, 2.45) is 5.73 Å². The molecule has 150 valence electrons. The number of fused-ring (bicyclic) bond motifs is 2. The molecule has 30 heavy (non-hydrogen) atoms. The second-order valence-electron chi connectivity index (χ2n) is 7.21. The van der Waals surface area contributed by atoms with Crippen LogP contribution in [-0.2, 0) is 6.54 Å². The number of aromatic nitrogens is 5. The number of aromatic amines is 1. The summed E-state index contributed by atoms with van der Waals surface area (Å²) in [6.07, 6.45) is 6.51. The molecule has 3 heterocycles.